The predicted molar refractivity (Wildman–Crippen MR) is 85.7 cm³/mol. The summed E-state index contributed by atoms with van der Waals surface area (Å²) in [5.41, 5.74) is 5.56. The number of primary amides is 1. The van der Waals surface area contributed by atoms with Gasteiger partial charge in [-0.05, 0) is 25.1 Å². The molecule has 0 aliphatic heterocycles. The standard InChI is InChI=1S/C14H14ClN3O2S/c1-3-6-18-13(20)10-5-4-9(15)7-11(10)17-14(18)21-8(2)12(16)19/h3-5,7-8H,1,6H2,2H3,(H2,16,19). The number of carbonyl (C=O) groups excluding carboxylic acids is 1. The summed E-state index contributed by atoms with van der Waals surface area (Å²) in [5, 5.41) is 0.887. The van der Waals surface area contributed by atoms with Gasteiger partial charge in [-0.1, -0.05) is 29.4 Å². The quantitative estimate of drug-likeness (QED) is 0.520. The third-order valence-corrected chi connectivity index (χ3v) is 4.22. The van der Waals surface area contributed by atoms with Crippen LogP contribution in [0.1, 0.15) is 6.92 Å². The number of hydrogen-bond acceptors (Lipinski definition) is 4. The molecule has 2 aromatic rings. The zero-order valence-electron chi connectivity index (χ0n) is 11.4. The lowest BCUT2D eigenvalue weighted by molar-refractivity contribution is -0.117. The maximum absolute atomic E-state index is 12.5. The monoisotopic (exact) mass is 323 g/mol. The van der Waals surface area contributed by atoms with Crippen molar-refractivity contribution >= 4 is 40.2 Å². The fourth-order valence-electron chi connectivity index (χ4n) is 1.77. The highest BCUT2D eigenvalue weighted by Gasteiger charge is 2.17. The summed E-state index contributed by atoms with van der Waals surface area (Å²) in [5.74, 6) is -0.467. The van der Waals surface area contributed by atoms with Gasteiger partial charge in [-0.2, -0.15) is 0 Å². The molecule has 0 bridgehead atoms. The van der Waals surface area contributed by atoms with Crippen LogP contribution in [0.15, 0.2) is 40.8 Å². The first-order valence-electron chi connectivity index (χ1n) is 6.21. The molecular weight excluding hydrogens is 310 g/mol. The largest absolute Gasteiger partial charge is 0.369 e. The van der Waals surface area contributed by atoms with Gasteiger partial charge in [0.25, 0.3) is 5.56 Å². The van der Waals surface area contributed by atoms with E-state index >= 15 is 0 Å². The van der Waals surface area contributed by atoms with Crippen LogP contribution in [0.4, 0.5) is 0 Å². The van der Waals surface area contributed by atoms with Crippen molar-refractivity contribution in [3.63, 3.8) is 0 Å². The molecular formula is C14H14ClN3O2S. The highest BCUT2D eigenvalue weighted by Crippen LogP contribution is 2.23. The van der Waals surface area contributed by atoms with Gasteiger partial charge in [0.05, 0.1) is 16.2 Å². The number of nitrogens with two attached hydrogens (primary N) is 1. The van der Waals surface area contributed by atoms with Crippen molar-refractivity contribution < 1.29 is 4.79 Å². The first-order chi connectivity index (χ1) is 9.93. The van der Waals surface area contributed by atoms with Crippen molar-refractivity contribution in [2.45, 2.75) is 23.9 Å². The third-order valence-electron chi connectivity index (χ3n) is 2.88. The van der Waals surface area contributed by atoms with Crippen molar-refractivity contribution in [1.29, 1.82) is 0 Å². The van der Waals surface area contributed by atoms with E-state index in [2.05, 4.69) is 11.6 Å². The highest BCUT2D eigenvalue weighted by atomic mass is 35.5. The summed E-state index contributed by atoms with van der Waals surface area (Å²) < 4.78 is 1.47. The van der Waals surface area contributed by atoms with E-state index in [0.29, 0.717) is 27.6 Å². The molecule has 1 atom stereocenters. The number of thioether (sulfide) groups is 1. The Labute approximate surface area is 130 Å². The first kappa shape index (κ1) is 15.6. The zero-order valence-corrected chi connectivity index (χ0v) is 12.9. The van der Waals surface area contributed by atoms with Gasteiger partial charge in [-0.25, -0.2) is 4.98 Å². The molecule has 7 heteroatoms. The highest BCUT2D eigenvalue weighted by molar-refractivity contribution is 8.00. The number of halogens is 1. The Balaban J connectivity index is 2.66. The number of amides is 1. The summed E-state index contributed by atoms with van der Waals surface area (Å²) in [7, 11) is 0. The SMILES string of the molecule is C=CCn1c(SC(C)C(N)=O)nc2cc(Cl)ccc2c1=O. The second kappa shape index (κ2) is 6.32. The van der Waals surface area contributed by atoms with Gasteiger partial charge in [0.1, 0.15) is 0 Å². The Morgan fingerprint density at radius 3 is 2.95 bits per heavy atom. The number of fused-ring (bicyclic) bond motifs is 1. The number of nitrogens with zero attached hydrogens (tertiary/aromatic N) is 2. The van der Waals surface area contributed by atoms with E-state index < -0.39 is 11.2 Å². The van der Waals surface area contributed by atoms with E-state index in [9.17, 15) is 9.59 Å². The average Bonchev–Trinajstić information content (AvgIpc) is 2.42. The van der Waals surface area contributed by atoms with Crippen LogP contribution in [0.25, 0.3) is 10.9 Å². The Bertz CT molecular complexity index is 773. The van der Waals surface area contributed by atoms with Crippen LogP contribution < -0.4 is 11.3 Å². The molecule has 110 valence electrons. The van der Waals surface area contributed by atoms with Crippen LogP contribution in [-0.4, -0.2) is 20.7 Å². The molecule has 0 radical (unpaired) electrons. The molecule has 0 aliphatic rings. The van der Waals surface area contributed by atoms with Crippen molar-refractivity contribution in [2.75, 3.05) is 0 Å². The minimum atomic E-state index is -0.496. The van der Waals surface area contributed by atoms with Gasteiger partial charge in [0, 0.05) is 11.6 Å². The number of carbonyl (C=O) groups is 1. The second-order valence-corrected chi connectivity index (χ2v) is 6.17. The summed E-state index contributed by atoms with van der Waals surface area (Å²) in [4.78, 5) is 28.1. The van der Waals surface area contributed by atoms with E-state index in [4.69, 9.17) is 17.3 Å². The number of benzene rings is 1. The minimum Gasteiger partial charge on any atom is -0.369 e. The molecule has 0 spiro atoms. The van der Waals surface area contributed by atoms with E-state index in [1.165, 1.54) is 4.57 Å². The lowest BCUT2D eigenvalue weighted by atomic mass is 10.2. The van der Waals surface area contributed by atoms with Crippen LogP contribution in [0.5, 0.6) is 0 Å². The van der Waals surface area contributed by atoms with Gasteiger partial charge in [-0.3, -0.25) is 14.2 Å². The Morgan fingerprint density at radius 2 is 2.33 bits per heavy atom. The molecule has 2 rings (SSSR count). The molecule has 1 heterocycles. The number of rotatable bonds is 5. The smallest absolute Gasteiger partial charge is 0.262 e. The van der Waals surface area contributed by atoms with E-state index in [1.54, 1.807) is 31.2 Å². The topological polar surface area (TPSA) is 78.0 Å². The number of aromatic nitrogens is 2. The average molecular weight is 324 g/mol. The van der Waals surface area contributed by atoms with Gasteiger partial charge in [0.2, 0.25) is 5.91 Å². The van der Waals surface area contributed by atoms with Crippen LogP contribution in [0.3, 0.4) is 0 Å². The second-order valence-electron chi connectivity index (χ2n) is 4.42. The Morgan fingerprint density at radius 1 is 1.62 bits per heavy atom. The normalized spacial score (nSPS) is 12.3. The fraction of sp³-hybridized carbons (Fsp3) is 0.214. The van der Waals surface area contributed by atoms with Gasteiger partial charge in [0.15, 0.2) is 5.16 Å². The van der Waals surface area contributed by atoms with Crippen molar-refractivity contribution in [3.8, 4) is 0 Å². The molecule has 0 fully saturated rings. The summed E-state index contributed by atoms with van der Waals surface area (Å²) in [6.07, 6.45) is 1.60. The van der Waals surface area contributed by atoms with E-state index in [1.807, 2.05) is 0 Å². The minimum absolute atomic E-state index is 0.198. The Hall–Kier alpha value is -1.79. The van der Waals surface area contributed by atoms with Crippen LogP contribution in [-0.2, 0) is 11.3 Å². The molecule has 1 aromatic carbocycles. The number of hydrogen-bond donors (Lipinski definition) is 1. The van der Waals surface area contributed by atoms with Crippen molar-refractivity contribution in [1.82, 2.24) is 9.55 Å². The summed E-state index contributed by atoms with van der Waals surface area (Å²) in [6.45, 7) is 5.61. The van der Waals surface area contributed by atoms with Gasteiger partial charge >= 0.3 is 0 Å². The number of allylic oxidation sites excluding steroid dienone is 1. The maximum atomic E-state index is 12.5. The van der Waals surface area contributed by atoms with Crippen molar-refractivity contribution in [2.24, 2.45) is 5.73 Å². The summed E-state index contributed by atoms with van der Waals surface area (Å²) in [6, 6.07) is 4.90. The molecule has 1 amide bonds. The van der Waals surface area contributed by atoms with E-state index in [-0.39, 0.29) is 5.56 Å². The third kappa shape index (κ3) is 3.28. The molecule has 2 N–H and O–H groups in total. The van der Waals surface area contributed by atoms with Crippen molar-refractivity contribution in [3.05, 3.63) is 46.2 Å². The zero-order chi connectivity index (χ0) is 15.6. The van der Waals surface area contributed by atoms with Gasteiger partial charge in [-0.15, -0.1) is 6.58 Å². The molecule has 0 aliphatic carbocycles. The molecule has 1 unspecified atom stereocenters. The molecule has 21 heavy (non-hydrogen) atoms. The molecule has 0 saturated carbocycles. The molecule has 1 aromatic heterocycles. The van der Waals surface area contributed by atoms with Crippen LogP contribution in [0, 0.1) is 0 Å². The molecule has 5 nitrogen and oxygen atoms in total. The maximum Gasteiger partial charge on any atom is 0.262 e. The Kier molecular flexibility index (Phi) is 4.69. The van der Waals surface area contributed by atoms with Crippen LogP contribution >= 0.6 is 23.4 Å². The fourth-order valence-corrected chi connectivity index (χ4v) is 2.80. The van der Waals surface area contributed by atoms with Crippen LogP contribution in [0.2, 0.25) is 5.02 Å². The lowest BCUT2D eigenvalue weighted by Gasteiger charge is -2.13. The summed E-state index contributed by atoms with van der Waals surface area (Å²) >= 11 is 7.07. The lowest BCUT2D eigenvalue weighted by Crippen LogP contribution is -2.27. The van der Waals surface area contributed by atoms with E-state index in [0.717, 1.165) is 11.8 Å². The first-order valence-corrected chi connectivity index (χ1v) is 7.46. The van der Waals surface area contributed by atoms with Gasteiger partial charge < -0.3 is 5.73 Å². The predicted octanol–water partition coefficient (Wildman–Crippen LogP) is 2.20. The molecule has 0 saturated heterocycles.